The molecule has 2 rings (SSSR count). The number of hydrogen-bond acceptors (Lipinski definition) is 2. The Morgan fingerprint density at radius 1 is 1.33 bits per heavy atom. The van der Waals surface area contributed by atoms with Gasteiger partial charge < -0.3 is 10.1 Å². The first-order chi connectivity index (χ1) is 8.76. The zero-order valence-electron chi connectivity index (χ0n) is 11.8. The van der Waals surface area contributed by atoms with Crippen LogP contribution in [0.3, 0.4) is 0 Å². The maximum absolute atomic E-state index is 5.79. The van der Waals surface area contributed by atoms with Crippen molar-refractivity contribution in [1.29, 1.82) is 0 Å². The Morgan fingerprint density at radius 2 is 2.11 bits per heavy atom. The highest BCUT2D eigenvalue weighted by Gasteiger charge is 2.33. The SMILES string of the molecule is CCCNC(c1cc(C)ccc1OCC)C1CC1. The van der Waals surface area contributed by atoms with E-state index >= 15 is 0 Å². The summed E-state index contributed by atoms with van der Waals surface area (Å²) >= 11 is 0. The van der Waals surface area contributed by atoms with Gasteiger partial charge in [0, 0.05) is 11.6 Å². The molecule has 100 valence electrons. The number of ether oxygens (including phenoxy) is 1. The predicted molar refractivity (Wildman–Crippen MR) is 76.1 cm³/mol. The molecule has 1 aromatic carbocycles. The van der Waals surface area contributed by atoms with Crippen LogP contribution in [0.2, 0.25) is 0 Å². The molecule has 1 atom stereocenters. The summed E-state index contributed by atoms with van der Waals surface area (Å²) in [6.07, 6.45) is 3.88. The summed E-state index contributed by atoms with van der Waals surface area (Å²) in [5.74, 6) is 1.86. The Kier molecular flexibility index (Phi) is 4.65. The summed E-state index contributed by atoms with van der Waals surface area (Å²) in [4.78, 5) is 0. The number of nitrogens with one attached hydrogen (secondary N) is 1. The van der Waals surface area contributed by atoms with Gasteiger partial charge in [-0.05, 0) is 51.6 Å². The van der Waals surface area contributed by atoms with Crippen LogP contribution in [0, 0.1) is 12.8 Å². The summed E-state index contributed by atoms with van der Waals surface area (Å²) in [7, 11) is 0. The van der Waals surface area contributed by atoms with Crippen LogP contribution in [0.25, 0.3) is 0 Å². The minimum atomic E-state index is 0.478. The smallest absolute Gasteiger partial charge is 0.124 e. The van der Waals surface area contributed by atoms with Crippen LogP contribution in [0.1, 0.15) is 50.3 Å². The highest BCUT2D eigenvalue weighted by atomic mass is 16.5. The largest absolute Gasteiger partial charge is 0.494 e. The van der Waals surface area contributed by atoms with E-state index < -0.39 is 0 Å². The average molecular weight is 247 g/mol. The van der Waals surface area contributed by atoms with Crippen molar-refractivity contribution in [2.45, 2.75) is 46.1 Å². The number of rotatable bonds is 7. The van der Waals surface area contributed by atoms with E-state index in [2.05, 4.69) is 44.3 Å². The monoisotopic (exact) mass is 247 g/mol. The Bertz CT molecular complexity index is 385. The fourth-order valence-electron chi connectivity index (χ4n) is 2.46. The van der Waals surface area contributed by atoms with Crippen molar-refractivity contribution in [2.75, 3.05) is 13.2 Å². The molecule has 2 nitrogen and oxygen atoms in total. The van der Waals surface area contributed by atoms with Gasteiger partial charge in [-0.1, -0.05) is 24.6 Å². The van der Waals surface area contributed by atoms with Crippen LogP contribution in [0.4, 0.5) is 0 Å². The van der Waals surface area contributed by atoms with Crippen LogP contribution < -0.4 is 10.1 Å². The molecular weight excluding hydrogens is 222 g/mol. The molecule has 0 aromatic heterocycles. The first-order valence-corrected chi connectivity index (χ1v) is 7.23. The molecule has 1 aliphatic carbocycles. The van der Waals surface area contributed by atoms with Crippen molar-refractivity contribution in [1.82, 2.24) is 5.32 Å². The van der Waals surface area contributed by atoms with Crippen molar-refractivity contribution in [3.63, 3.8) is 0 Å². The van der Waals surface area contributed by atoms with Crippen LogP contribution in [0.15, 0.2) is 18.2 Å². The third-order valence-electron chi connectivity index (χ3n) is 3.51. The van der Waals surface area contributed by atoms with E-state index in [1.807, 2.05) is 0 Å². The van der Waals surface area contributed by atoms with Crippen molar-refractivity contribution >= 4 is 0 Å². The number of benzene rings is 1. The van der Waals surface area contributed by atoms with E-state index in [9.17, 15) is 0 Å². The molecule has 1 aromatic rings. The Hall–Kier alpha value is -1.02. The van der Waals surface area contributed by atoms with Gasteiger partial charge in [0.15, 0.2) is 0 Å². The lowest BCUT2D eigenvalue weighted by molar-refractivity contribution is 0.328. The number of hydrogen-bond donors (Lipinski definition) is 1. The molecule has 2 heteroatoms. The quantitative estimate of drug-likeness (QED) is 0.790. The maximum atomic E-state index is 5.79. The molecule has 0 aliphatic heterocycles. The second-order valence-electron chi connectivity index (χ2n) is 5.24. The summed E-state index contributed by atoms with van der Waals surface area (Å²) in [5.41, 5.74) is 2.67. The minimum Gasteiger partial charge on any atom is -0.494 e. The predicted octanol–water partition coefficient (Wildman–Crippen LogP) is 3.84. The highest BCUT2D eigenvalue weighted by Crippen LogP contribution is 2.43. The van der Waals surface area contributed by atoms with Crippen molar-refractivity contribution in [3.05, 3.63) is 29.3 Å². The van der Waals surface area contributed by atoms with Gasteiger partial charge in [-0.2, -0.15) is 0 Å². The zero-order valence-corrected chi connectivity index (χ0v) is 11.8. The van der Waals surface area contributed by atoms with Gasteiger partial charge >= 0.3 is 0 Å². The van der Waals surface area contributed by atoms with Crippen molar-refractivity contribution < 1.29 is 4.74 Å². The molecule has 1 unspecified atom stereocenters. The molecule has 0 saturated heterocycles. The second kappa shape index (κ2) is 6.24. The second-order valence-corrected chi connectivity index (χ2v) is 5.24. The molecule has 1 aliphatic rings. The molecule has 0 spiro atoms. The highest BCUT2D eigenvalue weighted by molar-refractivity contribution is 5.40. The summed E-state index contributed by atoms with van der Waals surface area (Å²) in [5, 5.41) is 3.69. The maximum Gasteiger partial charge on any atom is 0.124 e. The van der Waals surface area contributed by atoms with E-state index in [4.69, 9.17) is 4.74 Å². The van der Waals surface area contributed by atoms with Gasteiger partial charge in [-0.3, -0.25) is 0 Å². The van der Waals surface area contributed by atoms with Gasteiger partial charge in [0.2, 0.25) is 0 Å². The zero-order chi connectivity index (χ0) is 13.0. The minimum absolute atomic E-state index is 0.478. The van der Waals surface area contributed by atoms with E-state index in [1.165, 1.54) is 30.4 Å². The Labute approximate surface area is 111 Å². The van der Waals surface area contributed by atoms with Gasteiger partial charge in [0.1, 0.15) is 5.75 Å². The lowest BCUT2D eigenvalue weighted by Crippen LogP contribution is -2.24. The fourth-order valence-corrected chi connectivity index (χ4v) is 2.46. The van der Waals surface area contributed by atoms with Gasteiger partial charge in [0.25, 0.3) is 0 Å². The fraction of sp³-hybridized carbons (Fsp3) is 0.625. The third-order valence-corrected chi connectivity index (χ3v) is 3.51. The van der Waals surface area contributed by atoms with Gasteiger partial charge in [-0.25, -0.2) is 0 Å². The molecule has 1 fully saturated rings. The standard InChI is InChI=1S/C16H25NO/c1-4-10-17-16(13-7-8-13)14-11-12(3)6-9-15(14)18-5-2/h6,9,11,13,16-17H,4-5,7-8,10H2,1-3H3. The van der Waals surface area contributed by atoms with Crippen LogP contribution in [-0.4, -0.2) is 13.2 Å². The molecular formula is C16H25NO. The normalized spacial score (nSPS) is 16.6. The molecule has 0 bridgehead atoms. The molecule has 1 N–H and O–H groups in total. The first kappa shape index (κ1) is 13.4. The Balaban J connectivity index is 2.23. The topological polar surface area (TPSA) is 21.3 Å². The van der Waals surface area contributed by atoms with Crippen molar-refractivity contribution in [2.24, 2.45) is 5.92 Å². The lowest BCUT2D eigenvalue weighted by atomic mass is 9.99. The lowest BCUT2D eigenvalue weighted by Gasteiger charge is -2.22. The van der Waals surface area contributed by atoms with E-state index in [0.29, 0.717) is 6.04 Å². The molecule has 0 amide bonds. The van der Waals surface area contributed by atoms with Crippen molar-refractivity contribution in [3.8, 4) is 5.75 Å². The van der Waals surface area contributed by atoms with Gasteiger partial charge in [0.05, 0.1) is 6.61 Å². The summed E-state index contributed by atoms with van der Waals surface area (Å²) in [6.45, 7) is 8.25. The Morgan fingerprint density at radius 3 is 2.72 bits per heavy atom. The molecule has 1 saturated carbocycles. The molecule has 0 radical (unpaired) electrons. The summed E-state index contributed by atoms with van der Waals surface area (Å²) in [6, 6.07) is 7.03. The van der Waals surface area contributed by atoms with Crippen LogP contribution in [-0.2, 0) is 0 Å². The van der Waals surface area contributed by atoms with Gasteiger partial charge in [-0.15, -0.1) is 0 Å². The van der Waals surface area contributed by atoms with E-state index in [0.717, 1.165) is 24.8 Å². The van der Waals surface area contributed by atoms with Crippen LogP contribution >= 0.6 is 0 Å². The molecule has 18 heavy (non-hydrogen) atoms. The van der Waals surface area contributed by atoms with Crippen LogP contribution in [0.5, 0.6) is 5.75 Å². The summed E-state index contributed by atoms with van der Waals surface area (Å²) < 4.78 is 5.79. The third kappa shape index (κ3) is 3.26. The molecule has 0 heterocycles. The van der Waals surface area contributed by atoms with E-state index in [1.54, 1.807) is 0 Å². The number of aryl methyl sites for hydroxylation is 1. The van der Waals surface area contributed by atoms with E-state index in [-0.39, 0.29) is 0 Å². The first-order valence-electron chi connectivity index (χ1n) is 7.23. The average Bonchev–Trinajstić information content (AvgIpc) is 3.17.